The number of amides is 1. The van der Waals surface area contributed by atoms with Gasteiger partial charge in [0.05, 0.1) is 5.33 Å². The highest BCUT2D eigenvalue weighted by Crippen LogP contribution is 2.37. The van der Waals surface area contributed by atoms with Crippen LogP contribution in [0.1, 0.15) is 26.7 Å². The number of halogens is 6. The van der Waals surface area contributed by atoms with Crippen molar-refractivity contribution in [3.05, 3.63) is 0 Å². The Kier molecular flexibility index (Phi) is 7.06. The van der Waals surface area contributed by atoms with E-state index >= 15 is 0 Å². The van der Waals surface area contributed by atoms with Gasteiger partial charge in [0.2, 0.25) is 0 Å². The fourth-order valence-electron chi connectivity index (χ4n) is 1.41. The molecule has 1 amide bonds. The highest BCUT2D eigenvalue weighted by Gasteiger charge is 2.64. The first-order valence-electron chi connectivity index (χ1n) is 5.78. The first-order valence-corrected chi connectivity index (χ1v) is 6.90. The number of nitrogens with zero attached hydrogens (tertiary/aromatic N) is 1. The van der Waals surface area contributed by atoms with Gasteiger partial charge in [-0.15, -0.1) is 0 Å². The molecule has 0 fully saturated rings. The molecule has 0 aromatic rings. The second-order valence-electron chi connectivity index (χ2n) is 4.44. The van der Waals surface area contributed by atoms with E-state index < -0.39 is 24.0 Å². The summed E-state index contributed by atoms with van der Waals surface area (Å²) in [6, 6.07) is -0.824. The smallest absolute Gasteiger partial charge is 0.335 e. The van der Waals surface area contributed by atoms with Gasteiger partial charge in [-0.3, -0.25) is 9.59 Å². The Morgan fingerprint density at radius 3 is 2.00 bits per heavy atom. The van der Waals surface area contributed by atoms with Gasteiger partial charge >= 0.3 is 18.0 Å². The number of rotatable bonds is 7. The minimum absolute atomic E-state index is 0.000655. The van der Waals surface area contributed by atoms with Crippen LogP contribution < -0.4 is 0 Å². The fourth-order valence-corrected chi connectivity index (χ4v) is 1.69. The van der Waals surface area contributed by atoms with Gasteiger partial charge in [-0.25, -0.2) is 0 Å². The zero-order valence-corrected chi connectivity index (χ0v) is 12.5. The zero-order chi connectivity index (χ0) is 16.1. The van der Waals surface area contributed by atoms with Crippen LogP contribution >= 0.6 is 15.9 Å². The van der Waals surface area contributed by atoms with Crippen molar-refractivity contribution in [3.63, 3.8) is 0 Å². The quantitative estimate of drug-likeness (QED) is 0.512. The average molecular weight is 368 g/mol. The maximum absolute atomic E-state index is 13.0. The van der Waals surface area contributed by atoms with Crippen LogP contribution in [0.2, 0.25) is 0 Å². The van der Waals surface area contributed by atoms with E-state index in [4.69, 9.17) is 0 Å². The Balaban J connectivity index is 4.85. The summed E-state index contributed by atoms with van der Waals surface area (Å²) >= 11 is 2.90. The van der Waals surface area contributed by atoms with Crippen molar-refractivity contribution in [1.82, 2.24) is 4.90 Å². The molecule has 0 aliphatic heterocycles. The van der Waals surface area contributed by atoms with Gasteiger partial charge in [0.15, 0.2) is 0 Å². The van der Waals surface area contributed by atoms with Crippen molar-refractivity contribution in [1.29, 1.82) is 0 Å². The molecule has 0 radical (unpaired) electrons. The van der Waals surface area contributed by atoms with Crippen molar-refractivity contribution < 1.29 is 31.5 Å². The van der Waals surface area contributed by atoms with E-state index in [9.17, 15) is 31.5 Å². The van der Waals surface area contributed by atoms with Gasteiger partial charge in [-0.1, -0.05) is 15.9 Å². The molecular weight excluding hydrogens is 353 g/mol. The van der Waals surface area contributed by atoms with E-state index in [1.807, 2.05) is 0 Å². The van der Waals surface area contributed by atoms with Gasteiger partial charge in [0.1, 0.15) is 5.78 Å². The predicted octanol–water partition coefficient (Wildman–Crippen LogP) is 3.17. The second-order valence-corrected chi connectivity index (χ2v) is 5.00. The van der Waals surface area contributed by atoms with Gasteiger partial charge < -0.3 is 4.90 Å². The van der Waals surface area contributed by atoms with Crippen LogP contribution in [0.5, 0.6) is 0 Å². The third-order valence-electron chi connectivity index (χ3n) is 2.51. The molecule has 3 nitrogen and oxygen atoms in total. The normalized spacial score (nSPS) is 12.7. The van der Waals surface area contributed by atoms with Gasteiger partial charge in [-0.2, -0.15) is 22.0 Å². The summed E-state index contributed by atoms with van der Waals surface area (Å²) in [6.45, 7) is 2.33. The lowest BCUT2D eigenvalue weighted by molar-refractivity contribution is -0.275. The molecule has 0 spiro atoms. The molecule has 0 aliphatic carbocycles. The molecule has 0 bridgehead atoms. The van der Waals surface area contributed by atoms with Crippen LogP contribution in [0.3, 0.4) is 0 Å². The molecule has 0 saturated carbocycles. The van der Waals surface area contributed by atoms with Crippen LogP contribution in [0.4, 0.5) is 22.0 Å². The number of carbonyl (C=O) groups excluding carboxylic acids is 2. The van der Waals surface area contributed by atoms with E-state index in [0.29, 0.717) is 4.90 Å². The first-order chi connectivity index (χ1) is 8.95. The molecule has 118 valence electrons. The van der Waals surface area contributed by atoms with Crippen LogP contribution in [-0.2, 0) is 9.59 Å². The van der Waals surface area contributed by atoms with Crippen LogP contribution in [0.25, 0.3) is 0 Å². The lowest BCUT2D eigenvalue weighted by Gasteiger charge is -2.31. The summed E-state index contributed by atoms with van der Waals surface area (Å²) in [6.07, 6.45) is -5.90. The molecule has 0 rings (SSSR count). The van der Waals surface area contributed by atoms with E-state index in [2.05, 4.69) is 15.9 Å². The van der Waals surface area contributed by atoms with Crippen molar-refractivity contribution in [2.24, 2.45) is 0 Å². The molecule has 0 aliphatic rings. The largest absolute Gasteiger partial charge is 0.463 e. The monoisotopic (exact) mass is 367 g/mol. The molecule has 0 heterocycles. The topological polar surface area (TPSA) is 37.4 Å². The summed E-state index contributed by atoms with van der Waals surface area (Å²) < 4.78 is 62.5. The van der Waals surface area contributed by atoms with E-state index in [1.54, 1.807) is 0 Å². The highest BCUT2D eigenvalue weighted by molar-refractivity contribution is 9.09. The minimum atomic E-state index is -5.93. The van der Waals surface area contributed by atoms with Crippen LogP contribution in [0, 0.1) is 0 Å². The lowest BCUT2D eigenvalue weighted by Crippen LogP contribution is -2.54. The molecule has 0 N–H and O–H groups in total. The van der Waals surface area contributed by atoms with Crippen molar-refractivity contribution in [3.8, 4) is 0 Å². The van der Waals surface area contributed by atoms with E-state index in [0.717, 1.165) is 0 Å². The highest BCUT2D eigenvalue weighted by atomic mass is 79.9. The number of carbonyl (C=O) groups is 2. The van der Waals surface area contributed by atoms with Crippen molar-refractivity contribution >= 4 is 27.6 Å². The third-order valence-corrected chi connectivity index (χ3v) is 3.14. The second kappa shape index (κ2) is 7.33. The van der Waals surface area contributed by atoms with E-state index in [1.165, 1.54) is 13.8 Å². The number of alkyl halides is 6. The van der Waals surface area contributed by atoms with Crippen LogP contribution in [-0.4, -0.2) is 46.6 Å². The van der Waals surface area contributed by atoms with E-state index in [-0.39, 0.29) is 30.5 Å². The summed E-state index contributed by atoms with van der Waals surface area (Å²) in [5.41, 5.74) is 0. The molecular formula is C11H15BrF5NO2. The third kappa shape index (κ3) is 4.99. The Morgan fingerprint density at radius 1 is 1.15 bits per heavy atom. The first kappa shape index (κ1) is 19.3. The van der Waals surface area contributed by atoms with Crippen molar-refractivity contribution in [2.75, 3.05) is 11.9 Å². The Morgan fingerprint density at radius 2 is 1.65 bits per heavy atom. The van der Waals surface area contributed by atoms with Gasteiger partial charge in [0, 0.05) is 19.0 Å². The molecule has 0 saturated heterocycles. The Hall–Kier alpha value is -0.730. The average Bonchev–Trinajstić information content (AvgIpc) is 2.31. The number of hydrogen-bond acceptors (Lipinski definition) is 2. The maximum Gasteiger partial charge on any atom is 0.463 e. The van der Waals surface area contributed by atoms with Crippen molar-refractivity contribution in [2.45, 2.75) is 44.8 Å². The Bertz CT molecular complexity index is 357. The van der Waals surface area contributed by atoms with Gasteiger partial charge in [0.25, 0.3) is 0 Å². The molecule has 0 aromatic heterocycles. The molecule has 9 heteroatoms. The Labute approximate surface area is 121 Å². The minimum Gasteiger partial charge on any atom is -0.335 e. The number of ketones is 1. The number of Topliss-reactive ketones (excluding diaryl/α,β-unsaturated/α-hetero) is 1. The molecule has 0 aromatic carbocycles. The standard InChI is InChI=1S/C11H15BrF5NO2/c1-7(2)18(5-3-4-8(19)6-12)9(20)10(13,14)11(15,16)17/h7H,3-6H2,1-2H3. The number of hydrogen-bond donors (Lipinski definition) is 0. The molecule has 20 heavy (non-hydrogen) atoms. The SMILES string of the molecule is CC(C)N(CCCC(=O)CBr)C(=O)C(F)(F)C(F)(F)F. The van der Waals surface area contributed by atoms with Crippen LogP contribution in [0.15, 0.2) is 0 Å². The fraction of sp³-hybridized carbons (Fsp3) is 0.818. The zero-order valence-electron chi connectivity index (χ0n) is 10.9. The van der Waals surface area contributed by atoms with Gasteiger partial charge in [-0.05, 0) is 20.3 Å². The summed E-state index contributed by atoms with van der Waals surface area (Å²) in [5.74, 6) is -7.92. The summed E-state index contributed by atoms with van der Waals surface area (Å²) in [7, 11) is 0. The lowest BCUT2D eigenvalue weighted by atomic mass is 10.1. The maximum atomic E-state index is 13.0. The summed E-state index contributed by atoms with van der Waals surface area (Å²) in [5, 5.41) is 0.0708. The molecule has 0 atom stereocenters. The summed E-state index contributed by atoms with van der Waals surface area (Å²) in [4.78, 5) is 22.8. The molecule has 0 unspecified atom stereocenters. The predicted molar refractivity (Wildman–Crippen MR) is 65.9 cm³/mol.